The van der Waals surface area contributed by atoms with E-state index in [4.69, 9.17) is 0 Å². The van der Waals surface area contributed by atoms with E-state index in [1.807, 2.05) is 0 Å². The minimum absolute atomic E-state index is 0.136. The van der Waals surface area contributed by atoms with Crippen molar-refractivity contribution in [3.05, 3.63) is 39.4 Å². The third-order valence-corrected chi connectivity index (χ3v) is 2.20. The van der Waals surface area contributed by atoms with E-state index in [9.17, 15) is 37.7 Å². The van der Waals surface area contributed by atoms with Crippen molar-refractivity contribution in [3.8, 4) is 0 Å². The molecule has 0 saturated heterocycles. The number of nitro groups is 1. The molecule has 0 radical (unpaired) electrons. The van der Waals surface area contributed by atoms with Crippen LogP contribution in [0.3, 0.4) is 0 Å². The van der Waals surface area contributed by atoms with Crippen LogP contribution in [-0.2, 0) is 20.5 Å². The summed E-state index contributed by atoms with van der Waals surface area (Å²) in [7, 11) is 0. The van der Waals surface area contributed by atoms with Crippen LogP contribution in [0.4, 0.5) is 18.9 Å². The van der Waals surface area contributed by atoms with Gasteiger partial charge in [-0.15, -0.1) is 0 Å². The molecule has 1 rings (SSSR count). The molecule has 10 heteroatoms. The molecule has 1 aromatic carbocycles. The highest BCUT2D eigenvalue weighted by molar-refractivity contribution is 6.01. The summed E-state index contributed by atoms with van der Waals surface area (Å²) in [6.07, 6.45) is -5.46. The highest BCUT2D eigenvalue weighted by Crippen LogP contribution is 2.33. The predicted octanol–water partition coefficient (Wildman–Crippen LogP) is 1.89. The Hall–Kier alpha value is -2.78. The third kappa shape index (κ3) is 4.09. The molecule has 0 aromatic heterocycles. The second-order valence-electron chi connectivity index (χ2n) is 3.62. The smallest absolute Gasteiger partial charge is 0.389 e. The first-order valence-corrected chi connectivity index (χ1v) is 5.21. The summed E-state index contributed by atoms with van der Waals surface area (Å²) >= 11 is 0. The zero-order valence-electron chi connectivity index (χ0n) is 10.0. The fraction of sp³-hybridized carbons (Fsp3) is 0.182. The molecule has 0 amide bonds. The summed E-state index contributed by atoms with van der Waals surface area (Å²) in [5, 5.41) is 10.7. The number of aldehydes is 1. The minimum Gasteiger partial charge on any atom is -0.389 e. The molecule has 0 saturated carbocycles. The fourth-order valence-corrected chi connectivity index (χ4v) is 1.30. The van der Waals surface area contributed by atoms with Crippen molar-refractivity contribution < 1.29 is 37.2 Å². The van der Waals surface area contributed by atoms with E-state index in [1.165, 1.54) is 0 Å². The van der Waals surface area contributed by atoms with Crippen molar-refractivity contribution >= 4 is 23.9 Å². The first-order valence-electron chi connectivity index (χ1n) is 5.21. The molecule has 0 atom stereocenters. The number of carbonyl (C=O) groups is 3. The second kappa shape index (κ2) is 6.11. The molecule has 0 heterocycles. The zero-order valence-corrected chi connectivity index (χ0v) is 10.0. The summed E-state index contributed by atoms with van der Waals surface area (Å²) < 4.78 is 41.4. The molecular formula is C11H6F3NO6. The number of halogens is 3. The molecule has 1 aromatic rings. The Morgan fingerprint density at radius 3 is 2.43 bits per heavy atom. The van der Waals surface area contributed by atoms with Gasteiger partial charge >= 0.3 is 18.1 Å². The van der Waals surface area contributed by atoms with Gasteiger partial charge in [-0.2, -0.15) is 13.2 Å². The molecule has 0 unspecified atom stereocenters. The lowest BCUT2D eigenvalue weighted by Crippen LogP contribution is -2.15. The maximum Gasteiger partial charge on any atom is 0.416 e. The number of hydrogen-bond donors (Lipinski definition) is 0. The lowest BCUT2D eigenvalue weighted by atomic mass is 10.1. The van der Waals surface area contributed by atoms with E-state index in [0.29, 0.717) is 12.1 Å². The summed E-state index contributed by atoms with van der Waals surface area (Å²) in [4.78, 5) is 41.9. The van der Waals surface area contributed by atoms with Crippen LogP contribution in [0.15, 0.2) is 18.2 Å². The number of carbonyl (C=O) groups excluding carboxylic acids is 3. The number of nitro benzene ring substituents is 1. The van der Waals surface area contributed by atoms with Crippen LogP contribution in [0, 0.1) is 10.1 Å². The number of esters is 2. The number of alkyl halides is 3. The Balaban J connectivity index is 3.18. The van der Waals surface area contributed by atoms with Crippen molar-refractivity contribution in [2.75, 3.05) is 0 Å². The molecule has 0 N–H and O–H groups in total. The number of hydrogen-bond acceptors (Lipinski definition) is 6. The molecule has 0 fully saturated rings. The van der Waals surface area contributed by atoms with Crippen LogP contribution in [0.25, 0.3) is 0 Å². The van der Waals surface area contributed by atoms with Gasteiger partial charge in [0.1, 0.15) is 18.3 Å². The van der Waals surface area contributed by atoms with Gasteiger partial charge < -0.3 is 9.53 Å². The van der Waals surface area contributed by atoms with Crippen LogP contribution in [-0.4, -0.2) is 23.1 Å². The van der Waals surface area contributed by atoms with Crippen LogP contribution < -0.4 is 0 Å². The predicted molar refractivity (Wildman–Crippen MR) is 59.2 cm³/mol. The Morgan fingerprint density at radius 2 is 1.95 bits per heavy atom. The Kier molecular flexibility index (Phi) is 4.74. The lowest BCUT2D eigenvalue weighted by Gasteiger charge is -2.08. The van der Waals surface area contributed by atoms with Crippen LogP contribution in [0.1, 0.15) is 22.3 Å². The normalized spacial score (nSPS) is 10.8. The van der Waals surface area contributed by atoms with Crippen molar-refractivity contribution in [1.82, 2.24) is 0 Å². The van der Waals surface area contributed by atoms with Crippen LogP contribution in [0.2, 0.25) is 0 Å². The van der Waals surface area contributed by atoms with Gasteiger partial charge in [0.2, 0.25) is 0 Å². The van der Waals surface area contributed by atoms with Crippen molar-refractivity contribution in [3.63, 3.8) is 0 Å². The van der Waals surface area contributed by atoms with Crippen LogP contribution in [0.5, 0.6) is 0 Å². The van der Waals surface area contributed by atoms with Gasteiger partial charge in [0.05, 0.1) is 10.5 Å². The van der Waals surface area contributed by atoms with Crippen LogP contribution >= 0.6 is 0 Å². The number of ether oxygens (including phenoxy) is 1. The minimum atomic E-state index is -4.83. The van der Waals surface area contributed by atoms with Crippen molar-refractivity contribution in [2.24, 2.45) is 0 Å². The van der Waals surface area contributed by atoms with Gasteiger partial charge in [0, 0.05) is 6.07 Å². The number of nitrogens with zero attached hydrogens (tertiary/aromatic N) is 1. The standard InChI is InChI=1S/C11H6F3NO6/c12-11(13,14)6-1-2-7(8(5-6)15(19)20)10(18)21-9(17)3-4-16/h1-2,4-5H,3H2. The summed E-state index contributed by atoms with van der Waals surface area (Å²) in [6, 6.07) is 1.12. The van der Waals surface area contributed by atoms with E-state index < -0.39 is 46.3 Å². The van der Waals surface area contributed by atoms with E-state index >= 15 is 0 Å². The molecule has 0 aliphatic rings. The summed E-state index contributed by atoms with van der Waals surface area (Å²) in [6.45, 7) is 0. The third-order valence-electron chi connectivity index (χ3n) is 2.20. The lowest BCUT2D eigenvalue weighted by molar-refractivity contribution is -0.385. The molecule has 0 spiro atoms. The van der Waals surface area contributed by atoms with E-state index in [2.05, 4.69) is 4.74 Å². The first-order chi connectivity index (χ1) is 9.66. The molecule has 0 aliphatic carbocycles. The average Bonchev–Trinajstić information content (AvgIpc) is 2.36. The van der Waals surface area contributed by atoms with Gasteiger partial charge in [-0.3, -0.25) is 14.9 Å². The summed E-state index contributed by atoms with van der Waals surface area (Å²) in [5.74, 6) is -2.79. The number of rotatable bonds is 4. The quantitative estimate of drug-likeness (QED) is 0.276. The first kappa shape index (κ1) is 16.3. The SMILES string of the molecule is O=CCC(=O)OC(=O)c1ccc(C(F)(F)F)cc1[N+](=O)[O-]. The molecule has 0 bridgehead atoms. The van der Waals surface area contributed by atoms with E-state index in [0.717, 1.165) is 0 Å². The van der Waals surface area contributed by atoms with E-state index in [-0.39, 0.29) is 12.4 Å². The topological polar surface area (TPSA) is 104 Å². The molecular weight excluding hydrogens is 299 g/mol. The van der Waals surface area contributed by atoms with Gasteiger partial charge in [0.25, 0.3) is 5.69 Å². The summed E-state index contributed by atoms with van der Waals surface area (Å²) in [5.41, 5.74) is -3.31. The number of benzene rings is 1. The van der Waals surface area contributed by atoms with Crippen molar-refractivity contribution in [2.45, 2.75) is 12.6 Å². The highest BCUT2D eigenvalue weighted by Gasteiger charge is 2.34. The molecule has 0 aliphatic heterocycles. The Morgan fingerprint density at radius 1 is 1.33 bits per heavy atom. The second-order valence-corrected chi connectivity index (χ2v) is 3.62. The van der Waals surface area contributed by atoms with Gasteiger partial charge in [-0.05, 0) is 12.1 Å². The average molecular weight is 305 g/mol. The van der Waals surface area contributed by atoms with Crippen molar-refractivity contribution in [1.29, 1.82) is 0 Å². The molecule has 21 heavy (non-hydrogen) atoms. The Labute approximate surface area is 114 Å². The molecule has 7 nitrogen and oxygen atoms in total. The monoisotopic (exact) mass is 305 g/mol. The maximum absolute atomic E-state index is 12.4. The largest absolute Gasteiger partial charge is 0.416 e. The van der Waals surface area contributed by atoms with Gasteiger partial charge in [-0.25, -0.2) is 4.79 Å². The fourth-order valence-electron chi connectivity index (χ4n) is 1.30. The van der Waals surface area contributed by atoms with E-state index in [1.54, 1.807) is 0 Å². The zero-order chi connectivity index (χ0) is 16.2. The molecule has 112 valence electrons. The van der Waals surface area contributed by atoms with Gasteiger partial charge in [0.15, 0.2) is 0 Å². The Bertz CT molecular complexity index is 610. The maximum atomic E-state index is 12.4. The van der Waals surface area contributed by atoms with Gasteiger partial charge in [-0.1, -0.05) is 0 Å². The highest BCUT2D eigenvalue weighted by atomic mass is 19.4.